The summed E-state index contributed by atoms with van der Waals surface area (Å²) in [4.78, 5) is 0. The van der Waals surface area contributed by atoms with Gasteiger partial charge in [-0.3, -0.25) is 4.55 Å². The van der Waals surface area contributed by atoms with Crippen LogP contribution in [-0.4, -0.2) is 23.2 Å². The molecule has 0 aromatic heterocycles. The van der Waals surface area contributed by atoms with Crippen LogP contribution in [-0.2, 0) is 14.9 Å². The molecule has 0 aliphatic rings. The van der Waals surface area contributed by atoms with Crippen LogP contribution in [0.25, 0.3) is 0 Å². The van der Waals surface area contributed by atoms with Gasteiger partial charge >= 0.3 is 0 Å². The summed E-state index contributed by atoms with van der Waals surface area (Å²) in [7, 11) is -5.16. The first-order valence-electron chi connectivity index (χ1n) is 7.89. The molecule has 3 rings (SSSR count). The van der Waals surface area contributed by atoms with Gasteiger partial charge < -0.3 is 10.2 Å². The minimum Gasteiger partial charge on any atom is -0.508 e. The van der Waals surface area contributed by atoms with E-state index < -0.39 is 31.9 Å². The number of para-hydroxylation sites is 1. The summed E-state index contributed by atoms with van der Waals surface area (Å²) in [6.45, 7) is 0. The third kappa shape index (κ3) is 3.77. The Morgan fingerprint density at radius 1 is 0.759 bits per heavy atom. The molecule has 3 aromatic carbocycles. The molecule has 10 heteroatoms. The summed E-state index contributed by atoms with van der Waals surface area (Å²) >= 11 is 24.4. The molecule has 1 unspecified atom stereocenters. The fourth-order valence-corrected chi connectivity index (χ4v) is 5.83. The number of phenolic OH excluding ortho intramolecular Hbond substituents is 2. The highest BCUT2D eigenvalue weighted by molar-refractivity contribution is 7.87. The van der Waals surface area contributed by atoms with Crippen molar-refractivity contribution in [1.29, 1.82) is 0 Å². The molecule has 0 aliphatic carbocycles. The van der Waals surface area contributed by atoms with Crippen molar-refractivity contribution in [2.45, 2.75) is 4.75 Å². The van der Waals surface area contributed by atoms with Crippen LogP contribution in [0.4, 0.5) is 0 Å². The maximum Gasteiger partial charge on any atom is 0.283 e. The average Bonchev–Trinajstić information content (AvgIpc) is 2.56. The smallest absolute Gasteiger partial charge is 0.283 e. The van der Waals surface area contributed by atoms with Crippen molar-refractivity contribution in [3.8, 4) is 11.5 Å². The summed E-state index contributed by atoms with van der Waals surface area (Å²) in [6.07, 6.45) is 0. The van der Waals surface area contributed by atoms with E-state index in [9.17, 15) is 23.2 Å². The summed E-state index contributed by atoms with van der Waals surface area (Å²) in [5.41, 5.74) is -0.857. The number of hydrogen-bond donors (Lipinski definition) is 3. The van der Waals surface area contributed by atoms with E-state index in [1.54, 1.807) is 0 Å². The molecule has 1 atom stereocenters. The Labute approximate surface area is 186 Å². The fraction of sp³-hybridized carbons (Fsp3) is 0.0526. The molecule has 0 saturated carbocycles. The van der Waals surface area contributed by atoms with Crippen molar-refractivity contribution in [3.05, 3.63) is 91.4 Å². The third-order valence-electron chi connectivity index (χ3n) is 4.33. The summed E-state index contributed by atoms with van der Waals surface area (Å²) in [5.74, 6) is -1.11. The van der Waals surface area contributed by atoms with Crippen molar-refractivity contribution >= 4 is 56.5 Å². The molecular formula is C19H12Cl4O5S. The molecule has 3 aromatic rings. The van der Waals surface area contributed by atoms with Gasteiger partial charge in [-0.2, -0.15) is 8.42 Å². The number of hydrogen-bond acceptors (Lipinski definition) is 4. The zero-order chi connectivity index (χ0) is 21.6. The molecule has 0 saturated heterocycles. The van der Waals surface area contributed by atoms with E-state index in [-0.39, 0.29) is 31.2 Å². The van der Waals surface area contributed by atoms with E-state index in [0.717, 1.165) is 6.07 Å². The molecule has 152 valence electrons. The topological polar surface area (TPSA) is 94.8 Å². The lowest BCUT2D eigenvalue weighted by Crippen LogP contribution is -2.38. The van der Waals surface area contributed by atoms with Gasteiger partial charge in [-0.05, 0) is 42.0 Å². The van der Waals surface area contributed by atoms with Crippen LogP contribution in [0, 0.1) is 0 Å². The zero-order valence-corrected chi connectivity index (χ0v) is 18.1. The van der Waals surface area contributed by atoms with Crippen LogP contribution in [0.15, 0.2) is 54.6 Å². The van der Waals surface area contributed by atoms with Gasteiger partial charge in [0.05, 0.1) is 5.02 Å². The first-order valence-corrected chi connectivity index (χ1v) is 10.8. The van der Waals surface area contributed by atoms with Gasteiger partial charge in [0.2, 0.25) is 0 Å². The monoisotopic (exact) mass is 492 g/mol. The fourth-order valence-electron chi connectivity index (χ4n) is 3.29. The van der Waals surface area contributed by atoms with Gasteiger partial charge in [0.25, 0.3) is 10.1 Å². The molecule has 0 aliphatic heterocycles. The first kappa shape index (κ1) is 22.0. The number of aromatic hydroxyl groups is 2. The molecular weight excluding hydrogens is 482 g/mol. The summed E-state index contributed by atoms with van der Waals surface area (Å²) in [5, 5.41) is 21.0. The molecule has 0 amide bonds. The Morgan fingerprint density at radius 3 is 1.83 bits per heavy atom. The second-order valence-electron chi connectivity index (χ2n) is 6.11. The second kappa shape index (κ2) is 7.87. The van der Waals surface area contributed by atoms with Crippen molar-refractivity contribution in [3.63, 3.8) is 0 Å². The molecule has 0 heterocycles. The van der Waals surface area contributed by atoms with Gasteiger partial charge in [-0.25, -0.2) is 0 Å². The van der Waals surface area contributed by atoms with Crippen molar-refractivity contribution < 1.29 is 23.2 Å². The van der Waals surface area contributed by atoms with Crippen molar-refractivity contribution in [2.24, 2.45) is 0 Å². The lowest BCUT2D eigenvalue weighted by atomic mass is 9.83. The summed E-state index contributed by atoms with van der Waals surface area (Å²) in [6, 6.07) is 11.5. The Bertz CT molecular complexity index is 1170. The highest BCUT2D eigenvalue weighted by Crippen LogP contribution is 2.53. The lowest BCUT2D eigenvalue weighted by molar-refractivity contribution is 0.428. The first-order chi connectivity index (χ1) is 13.5. The lowest BCUT2D eigenvalue weighted by Gasteiger charge is -2.34. The number of benzene rings is 3. The summed E-state index contributed by atoms with van der Waals surface area (Å²) < 4.78 is 33.9. The normalized spacial score (nSPS) is 13.8. The number of halogens is 4. The average molecular weight is 494 g/mol. The molecule has 0 bridgehead atoms. The van der Waals surface area contributed by atoms with Crippen LogP contribution >= 0.6 is 46.4 Å². The second-order valence-corrected chi connectivity index (χ2v) is 9.39. The maximum absolute atomic E-state index is 13.0. The van der Waals surface area contributed by atoms with Crippen LogP contribution in [0.2, 0.25) is 20.1 Å². The molecule has 0 radical (unpaired) electrons. The predicted octanol–water partition coefficient (Wildman–Crippen LogP) is 5.89. The van der Waals surface area contributed by atoms with E-state index in [4.69, 9.17) is 46.4 Å². The van der Waals surface area contributed by atoms with E-state index in [1.165, 1.54) is 48.5 Å². The SMILES string of the molecule is O=S(=O)(O)C(c1cc(Cl)cc(Cl)c1)(c1ccccc1O)c1c(O)cc(Cl)cc1Cl. The van der Waals surface area contributed by atoms with Crippen LogP contribution < -0.4 is 0 Å². The highest BCUT2D eigenvalue weighted by Gasteiger charge is 2.53. The van der Waals surface area contributed by atoms with E-state index in [1.807, 2.05) is 0 Å². The molecule has 5 nitrogen and oxygen atoms in total. The Morgan fingerprint density at radius 2 is 1.31 bits per heavy atom. The van der Waals surface area contributed by atoms with Crippen molar-refractivity contribution in [2.75, 3.05) is 0 Å². The number of rotatable bonds is 4. The quantitative estimate of drug-likeness (QED) is 0.311. The standard InChI is InChI=1S/C19H12Cl4O5S/c20-11-5-10(6-12(21)7-11)19(29(26,27)28,14-3-1-2-4-16(14)24)18-15(23)8-13(22)9-17(18)25/h1-9,24-25H,(H,26,27,28). The Balaban J connectivity index is 2.66. The van der Waals surface area contributed by atoms with E-state index in [0.29, 0.717) is 0 Å². The van der Waals surface area contributed by atoms with Gasteiger partial charge in [0.15, 0.2) is 4.75 Å². The number of phenols is 2. The minimum atomic E-state index is -5.16. The van der Waals surface area contributed by atoms with Crippen LogP contribution in [0.3, 0.4) is 0 Å². The largest absolute Gasteiger partial charge is 0.508 e. The van der Waals surface area contributed by atoms with Crippen molar-refractivity contribution in [1.82, 2.24) is 0 Å². The molecule has 0 fully saturated rings. The van der Waals surface area contributed by atoms with Crippen LogP contribution in [0.5, 0.6) is 11.5 Å². The Hall–Kier alpha value is -1.67. The third-order valence-corrected chi connectivity index (χ3v) is 6.71. The Kier molecular flexibility index (Phi) is 5.98. The minimum absolute atomic E-state index is 0.0295. The molecule has 0 spiro atoms. The molecule has 29 heavy (non-hydrogen) atoms. The van der Waals surface area contributed by atoms with Gasteiger partial charge in [-0.15, -0.1) is 0 Å². The molecule has 3 N–H and O–H groups in total. The van der Waals surface area contributed by atoms with E-state index in [2.05, 4.69) is 0 Å². The maximum atomic E-state index is 13.0. The highest BCUT2D eigenvalue weighted by atomic mass is 35.5. The van der Waals surface area contributed by atoms with Gasteiger partial charge in [0.1, 0.15) is 11.5 Å². The van der Waals surface area contributed by atoms with Gasteiger partial charge in [0, 0.05) is 26.2 Å². The van der Waals surface area contributed by atoms with E-state index >= 15 is 0 Å². The predicted molar refractivity (Wildman–Crippen MR) is 114 cm³/mol. The zero-order valence-electron chi connectivity index (χ0n) is 14.3. The van der Waals surface area contributed by atoms with Crippen LogP contribution in [0.1, 0.15) is 16.7 Å². The van der Waals surface area contributed by atoms with Gasteiger partial charge in [-0.1, -0.05) is 64.6 Å².